The molecular formula is C20H29FN2O2. The number of hydrogen-bond donors (Lipinski definition) is 1. The van der Waals surface area contributed by atoms with Gasteiger partial charge in [-0.3, -0.25) is 4.79 Å². The summed E-state index contributed by atoms with van der Waals surface area (Å²) in [5.41, 5.74) is -0.673. The van der Waals surface area contributed by atoms with E-state index in [9.17, 15) is 14.3 Å². The smallest absolute Gasteiger partial charge is 0.253 e. The summed E-state index contributed by atoms with van der Waals surface area (Å²) in [7, 11) is 0. The molecule has 1 aromatic rings. The van der Waals surface area contributed by atoms with Crippen LogP contribution in [-0.4, -0.2) is 53.0 Å². The van der Waals surface area contributed by atoms with Crippen LogP contribution in [0.2, 0.25) is 0 Å². The van der Waals surface area contributed by atoms with Crippen molar-refractivity contribution in [3.63, 3.8) is 0 Å². The number of carbonyl (C=O) groups excluding carboxylic acids is 1. The molecule has 2 aliphatic heterocycles. The minimum Gasteiger partial charge on any atom is -0.386 e. The van der Waals surface area contributed by atoms with Crippen molar-refractivity contribution in [3.05, 3.63) is 35.1 Å². The first kappa shape index (κ1) is 18.3. The molecule has 0 spiro atoms. The molecule has 5 heteroatoms. The lowest BCUT2D eigenvalue weighted by Gasteiger charge is -2.40. The van der Waals surface area contributed by atoms with Crippen LogP contribution in [0, 0.1) is 5.82 Å². The van der Waals surface area contributed by atoms with Crippen LogP contribution in [0.25, 0.3) is 0 Å². The summed E-state index contributed by atoms with van der Waals surface area (Å²) in [6.07, 6.45) is 5.89. The third-order valence-corrected chi connectivity index (χ3v) is 5.53. The number of amides is 1. The molecule has 25 heavy (non-hydrogen) atoms. The van der Waals surface area contributed by atoms with Gasteiger partial charge in [-0.2, -0.15) is 0 Å². The van der Waals surface area contributed by atoms with Crippen molar-refractivity contribution < 1.29 is 14.3 Å². The standard InChI is InChI=1S/C20H29FN2O2/c1-20(2,25)17-7-6-15(14-18(17)21)19(24)23-12-8-16(9-13-23)22-10-4-3-5-11-22/h6-7,14,16,25H,3-5,8-13H2,1-2H3. The lowest BCUT2D eigenvalue weighted by Crippen LogP contribution is -2.48. The summed E-state index contributed by atoms with van der Waals surface area (Å²) in [5, 5.41) is 9.96. The molecule has 0 atom stereocenters. The minimum absolute atomic E-state index is 0.113. The Labute approximate surface area is 149 Å². The Hall–Kier alpha value is -1.46. The van der Waals surface area contributed by atoms with E-state index in [0.717, 1.165) is 25.9 Å². The monoisotopic (exact) mass is 348 g/mol. The second kappa shape index (κ2) is 7.42. The number of piperidine rings is 2. The Bertz CT molecular complexity index is 613. The van der Waals surface area contributed by atoms with Gasteiger partial charge in [0.05, 0.1) is 5.60 Å². The van der Waals surface area contributed by atoms with Crippen molar-refractivity contribution in [3.8, 4) is 0 Å². The molecule has 0 bridgehead atoms. The lowest BCUT2D eigenvalue weighted by molar-refractivity contribution is 0.0586. The predicted octanol–water partition coefficient (Wildman–Crippen LogP) is 3.14. The van der Waals surface area contributed by atoms with Crippen molar-refractivity contribution in [2.45, 2.75) is 57.6 Å². The topological polar surface area (TPSA) is 43.8 Å². The minimum atomic E-state index is -1.25. The maximum Gasteiger partial charge on any atom is 0.253 e. The van der Waals surface area contributed by atoms with Crippen molar-refractivity contribution in [2.75, 3.05) is 26.2 Å². The van der Waals surface area contributed by atoms with E-state index in [1.165, 1.54) is 58.3 Å². The summed E-state index contributed by atoms with van der Waals surface area (Å²) in [4.78, 5) is 17.1. The molecule has 2 saturated heterocycles. The molecule has 4 nitrogen and oxygen atoms in total. The van der Waals surface area contributed by atoms with Crippen LogP contribution in [0.4, 0.5) is 4.39 Å². The summed E-state index contributed by atoms with van der Waals surface area (Å²) in [6.45, 7) is 6.91. The van der Waals surface area contributed by atoms with Gasteiger partial charge < -0.3 is 14.9 Å². The lowest BCUT2D eigenvalue weighted by atomic mass is 9.95. The number of carbonyl (C=O) groups is 1. The number of rotatable bonds is 3. The normalized spacial score (nSPS) is 20.7. The Morgan fingerprint density at radius 1 is 1.12 bits per heavy atom. The highest BCUT2D eigenvalue weighted by Crippen LogP contribution is 2.25. The number of benzene rings is 1. The van der Waals surface area contributed by atoms with Gasteiger partial charge in [0.25, 0.3) is 5.91 Å². The van der Waals surface area contributed by atoms with Crippen LogP contribution in [0.15, 0.2) is 18.2 Å². The Kier molecular flexibility index (Phi) is 5.44. The largest absolute Gasteiger partial charge is 0.386 e. The van der Waals surface area contributed by atoms with E-state index < -0.39 is 11.4 Å². The van der Waals surface area contributed by atoms with E-state index in [0.29, 0.717) is 11.6 Å². The first-order valence-electron chi connectivity index (χ1n) is 9.42. The molecule has 2 heterocycles. The van der Waals surface area contributed by atoms with E-state index in [1.54, 1.807) is 6.07 Å². The number of hydrogen-bond acceptors (Lipinski definition) is 3. The third kappa shape index (κ3) is 4.21. The SMILES string of the molecule is CC(C)(O)c1ccc(C(=O)N2CCC(N3CCCCC3)CC2)cc1F. The molecule has 1 aromatic carbocycles. The Balaban J connectivity index is 1.61. The van der Waals surface area contributed by atoms with E-state index in [4.69, 9.17) is 0 Å². The van der Waals surface area contributed by atoms with Gasteiger partial charge in [-0.05, 0) is 64.8 Å². The van der Waals surface area contributed by atoms with Crippen molar-refractivity contribution in [1.82, 2.24) is 9.80 Å². The van der Waals surface area contributed by atoms with Gasteiger partial charge in [0.2, 0.25) is 0 Å². The number of aliphatic hydroxyl groups is 1. The maximum absolute atomic E-state index is 14.2. The highest BCUT2D eigenvalue weighted by atomic mass is 19.1. The molecule has 2 aliphatic rings. The van der Waals surface area contributed by atoms with E-state index in [2.05, 4.69) is 4.90 Å². The zero-order valence-electron chi connectivity index (χ0n) is 15.3. The molecule has 0 aliphatic carbocycles. The summed E-state index contributed by atoms with van der Waals surface area (Å²) >= 11 is 0. The van der Waals surface area contributed by atoms with E-state index >= 15 is 0 Å². The molecule has 2 fully saturated rings. The molecule has 1 N–H and O–H groups in total. The summed E-state index contributed by atoms with van der Waals surface area (Å²) < 4.78 is 14.2. The molecule has 3 rings (SSSR count). The average Bonchev–Trinajstić information content (AvgIpc) is 2.61. The van der Waals surface area contributed by atoms with Crippen molar-refractivity contribution >= 4 is 5.91 Å². The van der Waals surface area contributed by atoms with Crippen LogP contribution in [0.5, 0.6) is 0 Å². The molecule has 138 valence electrons. The van der Waals surface area contributed by atoms with Gasteiger partial charge in [0.15, 0.2) is 0 Å². The first-order valence-corrected chi connectivity index (χ1v) is 9.42. The highest BCUT2D eigenvalue weighted by molar-refractivity contribution is 5.94. The molecular weight excluding hydrogens is 319 g/mol. The fourth-order valence-electron chi connectivity index (χ4n) is 4.04. The van der Waals surface area contributed by atoms with E-state index in [-0.39, 0.29) is 11.5 Å². The molecule has 0 aromatic heterocycles. The second-order valence-corrected chi connectivity index (χ2v) is 7.87. The number of likely N-dealkylation sites (tertiary alicyclic amines) is 2. The van der Waals surface area contributed by atoms with Gasteiger partial charge in [-0.1, -0.05) is 12.5 Å². The second-order valence-electron chi connectivity index (χ2n) is 7.87. The fraction of sp³-hybridized carbons (Fsp3) is 0.650. The van der Waals surface area contributed by atoms with Gasteiger partial charge >= 0.3 is 0 Å². The van der Waals surface area contributed by atoms with Crippen LogP contribution in [0.3, 0.4) is 0 Å². The van der Waals surface area contributed by atoms with Gasteiger partial charge in [0.1, 0.15) is 5.82 Å². The zero-order valence-corrected chi connectivity index (χ0v) is 15.3. The highest BCUT2D eigenvalue weighted by Gasteiger charge is 2.29. The number of nitrogens with zero attached hydrogens (tertiary/aromatic N) is 2. The van der Waals surface area contributed by atoms with Gasteiger partial charge in [0, 0.05) is 30.3 Å². The predicted molar refractivity (Wildman–Crippen MR) is 96.0 cm³/mol. The van der Waals surface area contributed by atoms with Crippen LogP contribution in [-0.2, 0) is 5.60 Å². The van der Waals surface area contributed by atoms with Crippen LogP contribution < -0.4 is 0 Å². The summed E-state index contributed by atoms with van der Waals surface area (Å²) in [6, 6.07) is 4.98. The average molecular weight is 348 g/mol. The zero-order chi connectivity index (χ0) is 18.0. The fourth-order valence-corrected chi connectivity index (χ4v) is 4.04. The molecule has 0 saturated carbocycles. The van der Waals surface area contributed by atoms with Crippen molar-refractivity contribution in [2.24, 2.45) is 0 Å². The van der Waals surface area contributed by atoms with Gasteiger partial charge in [-0.15, -0.1) is 0 Å². The van der Waals surface area contributed by atoms with Crippen LogP contribution in [0.1, 0.15) is 61.9 Å². The Morgan fingerprint density at radius 2 is 1.76 bits per heavy atom. The van der Waals surface area contributed by atoms with Gasteiger partial charge in [-0.25, -0.2) is 4.39 Å². The first-order chi connectivity index (χ1) is 11.9. The van der Waals surface area contributed by atoms with Crippen LogP contribution >= 0.6 is 0 Å². The Morgan fingerprint density at radius 3 is 2.32 bits per heavy atom. The third-order valence-electron chi connectivity index (χ3n) is 5.53. The van der Waals surface area contributed by atoms with E-state index in [1.807, 2.05) is 4.90 Å². The maximum atomic E-state index is 14.2. The van der Waals surface area contributed by atoms with Crippen molar-refractivity contribution in [1.29, 1.82) is 0 Å². The summed E-state index contributed by atoms with van der Waals surface area (Å²) in [5.74, 6) is -0.639. The molecule has 1 amide bonds. The number of halogens is 1. The molecule has 0 unspecified atom stereocenters. The quantitative estimate of drug-likeness (QED) is 0.913. The molecule has 0 radical (unpaired) electrons.